The van der Waals surface area contributed by atoms with Crippen LogP contribution >= 0.6 is 15.9 Å². The second-order valence-electron chi connectivity index (χ2n) is 4.14. The highest BCUT2D eigenvalue weighted by molar-refractivity contribution is 9.09. The summed E-state index contributed by atoms with van der Waals surface area (Å²) in [6, 6.07) is 0.450. The molecule has 0 unspecified atom stereocenters. The number of nitrogens with zero attached hydrogens (tertiary/aromatic N) is 1. The summed E-state index contributed by atoms with van der Waals surface area (Å²) < 4.78 is 0. The molecule has 0 aliphatic carbocycles. The maximum Gasteiger partial charge on any atom is 0.223 e. The van der Waals surface area contributed by atoms with Crippen molar-refractivity contribution in [3.8, 4) is 0 Å². The third-order valence-corrected chi connectivity index (χ3v) is 3.21. The SMILES string of the molecule is CC(C)CC(=O)N1CCC[C@H]1CBr. The zero-order valence-corrected chi connectivity index (χ0v) is 10.0. The van der Waals surface area contributed by atoms with Gasteiger partial charge in [0.25, 0.3) is 0 Å². The highest BCUT2D eigenvalue weighted by Crippen LogP contribution is 2.20. The van der Waals surface area contributed by atoms with E-state index in [1.54, 1.807) is 0 Å². The molecule has 3 heteroatoms. The molecule has 13 heavy (non-hydrogen) atoms. The van der Waals surface area contributed by atoms with Crippen LogP contribution in [0.1, 0.15) is 33.1 Å². The summed E-state index contributed by atoms with van der Waals surface area (Å²) >= 11 is 3.46. The van der Waals surface area contributed by atoms with Crippen LogP contribution in [-0.4, -0.2) is 28.7 Å². The third kappa shape index (κ3) is 2.97. The first kappa shape index (κ1) is 11.0. The van der Waals surface area contributed by atoms with Crippen molar-refractivity contribution in [2.45, 2.75) is 39.2 Å². The van der Waals surface area contributed by atoms with Gasteiger partial charge in [-0.05, 0) is 18.8 Å². The summed E-state index contributed by atoms with van der Waals surface area (Å²) in [7, 11) is 0. The summed E-state index contributed by atoms with van der Waals surface area (Å²) in [6.07, 6.45) is 3.03. The van der Waals surface area contributed by atoms with Gasteiger partial charge in [-0.15, -0.1) is 0 Å². The lowest BCUT2D eigenvalue weighted by Gasteiger charge is -2.23. The van der Waals surface area contributed by atoms with Crippen LogP contribution in [0.3, 0.4) is 0 Å². The number of hydrogen-bond donors (Lipinski definition) is 0. The molecule has 0 radical (unpaired) electrons. The van der Waals surface area contributed by atoms with Gasteiger partial charge in [-0.1, -0.05) is 29.8 Å². The predicted octanol–water partition coefficient (Wildman–Crippen LogP) is 2.42. The zero-order chi connectivity index (χ0) is 9.84. The van der Waals surface area contributed by atoms with Crippen LogP contribution in [0.25, 0.3) is 0 Å². The largest absolute Gasteiger partial charge is 0.339 e. The normalized spacial score (nSPS) is 22.8. The van der Waals surface area contributed by atoms with E-state index >= 15 is 0 Å². The fourth-order valence-electron chi connectivity index (χ4n) is 1.79. The second kappa shape index (κ2) is 4.99. The van der Waals surface area contributed by atoms with E-state index in [1.807, 2.05) is 4.90 Å². The molecule has 0 aromatic carbocycles. The molecule has 2 nitrogen and oxygen atoms in total. The van der Waals surface area contributed by atoms with Crippen LogP contribution in [0.15, 0.2) is 0 Å². The molecule has 1 amide bonds. The first-order chi connectivity index (χ1) is 6.15. The number of carbonyl (C=O) groups excluding carboxylic acids is 1. The van der Waals surface area contributed by atoms with E-state index in [4.69, 9.17) is 0 Å². The molecule has 0 N–H and O–H groups in total. The van der Waals surface area contributed by atoms with Crippen molar-refractivity contribution in [3.63, 3.8) is 0 Å². The predicted molar refractivity (Wildman–Crippen MR) is 58.0 cm³/mol. The van der Waals surface area contributed by atoms with Gasteiger partial charge in [0, 0.05) is 24.3 Å². The van der Waals surface area contributed by atoms with Crippen molar-refractivity contribution in [2.75, 3.05) is 11.9 Å². The zero-order valence-electron chi connectivity index (χ0n) is 8.42. The van der Waals surface area contributed by atoms with Gasteiger partial charge in [-0.3, -0.25) is 4.79 Å². The molecule has 1 aliphatic heterocycles. The number of hydrogen-bond acceptors (Lipinski definition) is 1. The van der Waals surface area contributed by atoms with Gasteiger partial charge >= 0.3 is 0 Å². The smallest absolute Gasteiger partial charge is 0.223 e. The molecule has 0 bridgehead atoms. The third-order valence-electron chi connectivity index (χ3n) is 2.46. The Labute approximate surface area is 88.8 Å². The van der Waals surface area contributed by atoms with Crippen LogP contribution in [0.4, 0.5) is 0 Å². The van der Waals surface area contributed by atoms with Crippen molar-refractivity contribution in [1.29, 1.82) is 0 Å². The van der Waals surface area contributed by atoms with Gasteiger partial charge in [0.2, 0.25) is 5.91 Å². The molecule has 1 rings (SSSR count). The first-order valence-electron chi connectivity index (χ1n) is 5.00. The Morgan fingerprint density at radius 1 is 1.62 bits per heavy atom. The average molecular weight is 248 g/mol. The summed E-state index contributed by atoms with van der Waals surface area (Å²) in [5.74, 6) is 0.807. The number of alkyl halides is 1. The minimum atomic E-state index is 0.331. The number of carbonyl (C=O) groups is 1. The van der Waals surface area contributed by atoms with E-state index in [0.29, 0.717) is 24.3 Å². The van der Waals surface area contributed by atoms with Crippen LogP contribution in [-0.2, 0) is 4.79 Å². The van der Waals surface area contributed by atoms with Crippen molar-refractivity contribution >= 4 is 21.8 Å². The Kier molecular flexibility index (Phi) is 4.23. The minimum absolute atomic E-state index is 0.331. The van der Waals surface area contributed by atoms with Gasteiger partial charge in [-0.2, -0.15) is 0 Å². The summed E-state index contributed by atoms with van der Waals surface area (Å²) in [4.78, 5) is 13.8. The van der Waals surface area contributed by atoms with Crippen molar-refractivity contribution in [2.24, 2.45) is 5.92 Å². The van der Waals surface area contributed by atoms with Crippen LogP contribution in [0.2, 0.25) is 0 Å². The Bertz CT molecular complexity index is 182. The molecule has 0 saturated carbocycles. The van der Waals surface area contributed by atoms with Gasteiger partial charge in [0.05, 0.1) is 0 Å². The average Bonchev–Trinajstić information content (AvgIpc) is 2.49. The topological polar surface area (TPSA) is 20.3 Å². The molecule has 76 valence electrons. The minimum Gasteiger partial charge on any atom is -0.339 e. The Balaban J connectivity index is 2.45. The first-order valence-corrected chi connectivity index (χ1v) is 6.12. The lowest BCUT2D eigenvalue weighted by molar-refractivity contribution is -0.132. The summed E-state index contributed by atoms with van der Waals surface area (Å²) in [6.45, 7) is 5.15. The Morgan fingerprint density at radius 2 is 2.31 bits per heavy atom. The number of likely N-dealkylation sites (tertiary alicyclic amines) is 1. The fraction of sp³-hybridized carbons (Fsp3) is 0.900. The maximum absolute atomic E-state index is 11.7. The van der Waals surface area contributed by atoms with Gasteiger partial charge in [0.15, 0.2) is 0 Å². The lowest BCUT2D eigenvalue weighted by atomic mass is 10.1. The van der Waals surface area contributed by atoms with E-state index in [2.05, 4.69) is 29.8 Å². The van der Waals surface area contributed by atoms with E-state index in [0.717, 1.165) is 18.3 Å². The van der Waals surface area contributed by atoms with E-state index < -0.39 is 0 Å². The quantitative estimate of drug-likeness (QED) is 0.702. The lowest BCUT2D eigenvalue weighted by Crippen LogP contribution is -2.36. The molecule has 1 atom stereocenters. The molecule has 1 saturated heterocycles. The van der Waals surface area contributed by atoms with Crippen LogP contribution < -0.4 is 0 Å². The maximum atomic E-state index is 11.7. The summed E-state index contributed by atoms with van der Waals surface area (Å²) in [5.41, 5.74) is 0. The van der Waals surface area contributed by atoms with Crippen molar-refractivity contribution in [1.82, 2.24) is 4.90 Å². The van der Waals surface area contributed by atoms with Crippen molar-refractivity contribution < 1.29 is 4.79 Å². The van der Waals surface area contributed by atoms with E-state index in [1.165, 1.54) is 6.42 Å². The fourth-order valence-corrected chi connectivity index (χ4v) is 2.46. The Hall–Kier alpha value is -0.0500. The van der Waals surface area contributed by atoms with Gasteiger partial charge in [-0.25, -0.2) is 0 Å². The molecule has 0 aromatic heterocycles. The molecule has 1 fully saturated rings. The molecule has 0 aromatic rings. The van der Waals surface area contributed by atoms with Gasteiger partial charge < -0.3 is 4.90 Å². The molecule has 0 spiro atoms. The van der Waals surface area contributed by atoms with Crippen LogP contribution in [0, 0.1) is 5.92 Å². The monoisotopic (exact) mass is 247 g/mol. The van der Waals surface area contributed by atoms with Crippen LogP contribution in [0.5, 0.6) is 0 Å². The molecular weight excluding hydrogens is 230 g/mol. The molecular formula is C10H18BrNO. The summed E-state index contributed by atoms with van der Waals surface area (Å²) in [5, 5.41) is 0.927. The van der Waals surface area contributed by atoms with Crippen molar-refractivity contribution in [3.05, 3.63) is 0 Å². The number of rotatable bonds is 3. The number of halogens is 1. The highest BCUT2D eigenvalue weighted by Gasteiger charge is 2.27. The van der Waals surface area contributed by atoms with E-state index in [9.17, 15) is 4.79 Å². The Morgan fingerprint density at radius 3 is 2.85 bits per heavy atom. The van der Waals surface area contributed by atoms with Gasteiger partial charge in [0.1, 0.15) is 0 Å². The van der Waals surface area contributed by atoms with E-state index in [-0.39, 0.29) is 0 Å². The standard InChI is InChI=1S/C10H18BrNO/c1-8(2)6-10(13)12-5-3-4-9(12)7-11/h8-9H,3-7H2,1-2H3/t9-/m0/s1. The highest BCUT2D eigenvalue weighted by atomic mass is 79.9. The second-order valence-corrected chi connectivity index (χ2v) is 4.78. The molecule has 1 aliphatic rings. The number of amides is 1. The molecule has 1 heterocycles.